The van der Waals surface area contributed by atoms with Crippen molar-refractivity contribution in [3.05, 3.63) is 18.0 Å². The number of sulfonamides is 1. The first-order chi connectivity index (χ1) is 9.76. The predicted octanol–water partition coefficient (Wildman–Crippen LogP) is 0.846. The molecule has 0 unspecified atom stereocenters. The van der Waals surface area contributed by atoms with Gasteiger partial charge in [-0.1, -0.05) is 13.8 Å². The van der Waals surface area contributed by atoms with Gasteiger partial charge in [-0.25, -0.2) is 13.1 Å². The van der Waals surface area contributed by atoms with Gasteiger partial charge in [-0.15, -0.1) is 0 Å². The Morgan fingerprint density at radius 3 is 2.52 bits per heavy atom. The van der Waals surface area contributed by atoms with Crippen LogP contribution in [0.25, 0.3) is 0 Å². The average Bonchev–Trinajstić information content (AvgIpc) is 2.79. The van der Waals surface area contributed by atoms with Crippen LogP contribution < -0.4 is 10.0 Å². The minimum absolute atomic E-state index is 0.337. The van der Waals surface area contributed by atoms with Crippen molar-refractivity contribution in [3.8, 4) is 0 Å². The summed E-state index contributed by atoms with van der Waals surface area (Å²) in [6, 6.07) is 2.11. The highest BCUT2D eigenvalue weighted by atomic mass is 32.2. The molecule has 0 atom stereocenters. The van der Waals surface area contributed by atoms with E-state index < -0.39 is 10.0 Å². The van der Waals surface area contributed by atoms with Gasteiger partial charge in [0.05, 0.1) is 4.90 Å². The number of aryl methyl sites for hydroxylation is 1. The minimum Gasteiger partial charge on any atom is -0.349 e. The molecule has 0 fully saturated rings. The van der Waals surface area contributed by atoms with Gasteiger partial charge in [0.1, 0.15) is 0 Å². The molecule has 0 amide bonds. The molecule has 0 aliphatic rings. The fourth-order valence-corrected chi connectivity index (χ4v) is 2.99. The lowest BCUT2D eigenvalue weighted by molar-refractivity contribution is 0.412. The van der Waals surface area contributed by atoms with Crippen molar-refractivity contribution in [1.82, 2.24) is 19.5 Å². The second-order valence-corrected chi connectivity index (χ2v) is 7.46. The van der Waals surface area contributed by atoms with Gasteiger partial charge in [0.25, 0.3) is 0 Å². The zero-order valence-electron chi connectivity index (χ0n) is 13.7. The molecule has 1 aromatic rings. The Hall–Kier alpha value is -0.890. The Balaban J connectivity index is 2.82. The topological polar surface area (TPSA) is 66.4 Å². The Morgan fingerprint density at radius 1 is 1.33 bits per heavy atom. The van der Waals surface area contributed by atoms with Crippen LogP contribution in [0.1, 0.15) is 26.5 Å². The molecule has 0 saturated carbocycles. The zero-order chi connectivity index (χ0) is 16.0. The first-order valence-corrected chi connectivity index (χ1v) is 8.81. The van der Waals surface area contributed by atoms with Crippen LogP contribution in [-0.2, 0) is 23.1 Å². The molecule has 7 heteroatoms. The van der Waals surface area contributed by atoms with E-state index in [2.05, 4.69) is 23.9 Å². The number of hydrogen-bond acceptors (Lipinski definition) is 4. The van der Waals surface area contributed by atoms with Crippen molar-refractivity contribution in [2.24, 2.45) is 0 Å². The number of aromatic nitrogens is 1. The first kappa shape index (κ1) is 18.2. The molecule has 6 nitrogen and oxygen atoms in total. The van der Waals surface area contributed by atoms with E-state index in [1.54, 1.807) is 12.3 Å². The van der Waals surface area contributed by atoms with E-state index in [0.29, 0.717) is 30.6 Å². The second kappa shape index (κ2) is 7.93. The summed E-state index contributed by atoms with van der Waals surface area (Å²) in [4.78, 5) is 2.28. The predicted molar refractivity (Wildman–Crippen MR) is 85.8 cm³/mol. The molecule has 0 aromatic carbocycles. The van der Waals surface area contributed by atoms with Crippen molar-refractivity contribution >= 4 is 10.0 Å². The Labute approximate surface area is 128 Å². The number of likely N-dealkylation sites (N-methyl/N-ethyl adjacent to an activating group) is 1. The average molecular weight is 316 g/mol. The summed E-state index contributed by atoms with van der Waals surface area (Å²) in [5.41, 5.74) is 0.985. The molecule has 0 spiro atoms. The van der Waals surface area contributed by atoms with E-state index in [-0.39, 0.29) is 0 Å². The summed E-state index contributed by atoms with van der Waals surface area (Å²) in [6.07, 6.45) is 1.70. The maximum atomic E-state index is 12.3. The Kier molecular flexibility index (Phi) is 6.86. The van der Waals surface area contributed by atoms with E-state index in [1.165, 1.54) is 0 Å². The second-order valence-electron chi connectivity index (χ2n) is 5.69. The fraction of sp³-hybridized carbons (Fsp3) is 0.714. The van der Waals surface area contributed by atoms with Crippen molar-refractivity contribution in [2.45, 2.75) is 44.8 Å². The van der Waals surface area contributed by atoms with Crippen molar-refractivity contribution in [2.75, 3.05) is 27.2 Å². The summed E-state index contributed by atoms with van der Waals surface area (Å²) in [5, 5.41) is 3.32. The molecule has 1 aromatic heterocycles. The van der Waals surface area contributed by atoms with E-state index in [0.717, 1.165) is 12.2 Å². The zero-order valence-corrected chi connectivity index (χ0v) is 14.5. The minimum atomic E-state index is -3.43. The molecule has 0 saturated heterocycles. The molecule has 0 aliphatic heterocycles. The fourth-order valence-electron chi connectivity index (χ4n) is 1.91. The molecule has 21 heavy (non-hydrogen) atoms. The highest BCUT2D eigenvalue weighted by Gasteiger charge is 2.17. The van der Waals surface area contributed by atoms with Gasteiger partial charge < -0.3 is 14.8 Å². The van der Waals surface area contributed by atoms with Crippen LogP contribution in [0.2, 0.25) is 0 Å². The van der Waals surface area contributed by atoms with Gasteiger partial charge in [-0.3, -0.25) is 0 Å². The number of hydrogen-bond donors (Lipinski definition) is 2. The van der Waals surface area contributed by atoms with Crippen LogP contribution in [0.4, 0.5) is 0 Å². The van der Waals surface area contributed by atoms with Crippen molar-refractivity contribution in [3.63, 3.8) is 0 Å². The SMILES string of the molecule is CCn1cc(S(=O)(=O)NCCN(C)C)cc1CNC(C)C. The van der Waals surface area contributed by atoms with Crippen LogP contribution in [0, 0.1) is 0 Å². The molecular weight excluding hydrogens is 288 g/mol. The van der Waals surface area contributed by atoms with Crippen LogP contribution in [-0.4, -0.2) is 51.1 Å². The Morgan fingerprint density at radius 2 is 2.00 bits per heavy atom. The molecule has 0 aliphatic carbocycles. The van der Waals surface area contributed by atoms with Crippen molar-refractivity contribution < 1.29 is 8.42 Å². The largest absolute Gasteiger partial charge is 0.349 e. The third kappa shape index (κ3) is 5.78. The highest BCUT2D eigenvalue weighted by molar-refractivity contribution is 7.89. The Bertz CT molecular complexity index is 535. The summed E-state index contributed by atoms with van der Waals surface area (Å²) in [5.74, 6) is 0. The quantitative estimate of drug-likeness (QED) is 0.709. The van der Waals surface area contributed by atoms with Crippen molar-refractivity contribution in [1.29, 1.82) is 0 Å². The van der Waals surface area contributed by atoms with Gasteiger partial charge >= 0.3 is 0 Å². The maximum Gasteiger partial charge on any atom is 0.242 e. The molecular formula is C14H28N4O2S. The normalized spacial score (nSPS) is 12.5. The molecule has 2 N–H and O–H groups in total. The molecule has 0 bridgehead atoms. The standard InChI is InChI=1S/C14H28N4O2S/c1-6-18-11-14(9-13(18)10-15-12(2)3)21(19,20)16-7-8-17(4)5/h9,11-12,15-16H,6-8,10H2,1-5H3. The van der Waals surface area contributed by atoms with Gasteiger partial charge in [0.2, 0.25) is 10.0 Å². The first-order valence-electron chi connectivity index (χ1n) is 7.33. The van der Waals surface area contributed by atoms with E-state index in [1.807, 2.05) is 30.5 Å². The van der Waals surface area contributed by atoms with Gasteiger partial charge in [-0.2, -0.15) is 0 Å². The lowest BCUT2D eigenvalue weighted by atomic mass is 10.3. The number of nitrogens with one attached hydrogen (secondary N) is 2. The summed E-state index contributed by atoms with van der Waals surface area (Å²) in [7, 11) is 0.397. The lowest BCUT2D eigenvalue weighted by Gasteiger charge is -2.10. The third-order valence-corrected chi connectivity index (χ3v) is 4.58. The number of rotatable bonds is 9. The van der Waals surface area contributed by atoms with Gasteiger partial charge in [0.15, 0.2) is 0 Å². The summed E-state index contributed by atoms with van der Waals surface area (Å²) in [6.45, 7) is 8.65. The van der Waals surface area contributed by atoms with Gasteiger partial charge in [0, 0.05) is 44.1 Å². The van der Waals surface area contributed by atoms with E-state index in [4.69, 9.17) is 0 Å². The molecule has 0 radical (unpaired) electrons. The monoisotopic (exact) mass is 316 g/mol. The van der Waals surface area contributed by atoms with Crippen LogP contribution in [0.5, 0.6) is 0 Å². The molecule has 1 heterocycles. The third-order valence-electron chi connectivity index (χ3n) is 3.15. The van der Waals surface area contributed by atoms with E-state index in [9.17, 15) is 8.42 Å². The van der Waals surface area contributed by atoms with E-state index >= 15 is 0 Å². The number of nitrogens with zero attached hydrogens (tertiary/aromatic N) is 2. The molecule has 122 valence electrons. The summed E-state index contributed by atoms with van der Waals surface area (Å²) >= 11 is 0. The lowest BCUT2D eigenvalue weighted by Crippen LogP contribution is -2.31. The van der Waals surface area contributed by atoms with Gasteiger partial charge in [-0.05, 0) is 27.1 Å². The highest BCUT2D eigenvalue weighted by Crippen LogP contribution is 2.14. The maximum absolute atomic E-state index is 12.3. The summed E-state index contributed by atoms with van der Waals surface area (Å²) < 4.78 is 29.1. The molecule has 1 rings (SSSR count). The smallest absolute Gasteiger partial charge is 0.242 e. The van der Waals surface area contributed by atoms with Crippen LogP contribution >= 0.6 is 0 Å². The van der Waals surface area contributed by atoms with Crippen LogP contribution in [0.3, 0.4) is 0 Å². The van der Waals surface area contributed by atoms with Crippen LogP contribution in [0.15, 0.2) is 17.2 Å².